The molecule has 0 aromatic heterocycles. The maximum atomic E-state index is 11.8. The van der Waals surface area contributed by atoms with E-state index in [9.17, 15) is 4.79 Å². The van der Waals surface area contributed by atoms with E-state index < -0.39 is 11.4 Å². The summed E-state index contributed by atoms with van der Waals surface area (Å²) in [5.74, 6) is -0.456. The fourth-order valence-electron chi connectivity index (χ4n) is 1.09. The second-order valence-electron chi connectivity index (χ2n) is 3.79. The highest BCUT2D eigenvalue weighted by atomic mass is 35.5. The van der Waals surface area contributed by atoms with Crippen molar-refractivity contribution in [3.05, 3.63) is 33.8 Å². The van der Waals surface area contributed by atoms with Crippen molar-refractivity contribution in [2.75, 3.05) is 0 Å². The van der Waals surface area contributed by atoms with Gasteiger partial charge in [-0.1, -0.05) is 29.3 Å². The normalized spacial score (nSPS) is 10.7. The zero-order valence-corrected chi connectivity index (χ0v) is 10.4. The first kappa shape index (κ1) is 12.8. The second kappa shape index (κ2) is 4.73. The highest BCUT2D eigenvalue weighted by molar-refractivity contribution is 6.39. The lowest BCUT2D eigenvalue weighted by Gasteiger charge is -2.18. The van der Waals surface area contributed by atoms with Gasteiger partial charge in [0.1, 0.15) is 5.54 Å². The predicted molar refractivity (Wildman–Crippen MR) is 63.6 cm³/mol. The number of nitrogens with zero attached hydrogens (tertiary/aromatic N) is 1. The third-order valence-electron chi connectivity index (χ3n) is 1.90. The molecule has 1 amide bonds. The van der Waals surface area contributed by atoms with E-state index in [1.54, 1.807) is 32.0 Å². The Bertz CT molecular complexity index is 443. The minimum Gasteiger partial charge on any atom is -0.334 e. The van der Waals surface area contributed by atoms with Crippen molar-refractivity contribution in [2.24, 2.45) is 0 Å². The summed E-state index contributed by atoms with van der Waals surface area (Å²) in [6, 6.07) is 6.75. The maximum absolute atomic E-state index is 11.8. The Labute approximate surface area is 104 Å². The molecule has 0 saturated heterocycles. The van der Waals surface area contributed by atoms with Gasteiger partial charge >= 0.3 is 0 Å². The van der Waals surface area contributed by atoms with Gasteiger partial charge in [0.05, 0.1) is 21.7 Å². The number of amides is 1. The van der Waals surface area contributed by atoms with E-state index in [0.29, 0.717) is 0 Å². The average molecular weight is 257 g/mol. The fourth-order valence-corrected chi connectivity index (χ4v) is 1.66. The maximum Gasteiger partial charge on any atom is 0.255 e. The van der Waals surface area contributed by atoms with Crippen molar-refractivity contribution in [3.8, 4) is 6.07 Å². The first-order valence-electron chi connectivity index (χ1n) is 4.55. The molecule has 1 N–H and O–H groups in total. The summed E-state index contributed by atoms with van der Waals surface area (Å²) >= 11 is 11.7. The summed E-state index contributed by atoms with van der Waals surface area (Å²) in [6.07, 6.45) is 0. The minimum absolute atomic E-state index is 0.189. The van der Waals surface area contributed by atoms with E-state index in [0.717, 1.165) is 0 Å². The molecule has 1 rings (SSSR count). The first-order valence-corrected chi connectivity index (χ1v) is 5.31. The van der Waals surface area contributed by atoms with Crippen LogP contribution < -0.4 is 5.32 Å². The summed E-state index contributed by atoms with van der Waals surface area (Å²) < 4.78 is 0. The molecule has 3 nitrogen and oxygen atoms in total. The Morgan fingerprint density at radius 3 is 2.31 bits per heavy atom. The van der Waals surface area contributed by atoms with Gasteiger partial charge in [-0.15, -0.1) is 0 Å². The van der Waals surface area contributed by atoms with Crippen molar-refractivity contribution in [2.45, 2.75) is 19.4 Å². The number of carbonyl (C=O) groups is 1. The summed E-state index contributed by atoms with van der Waals surface area (Å²) in [5.41, 5.74) is -0.770. The van der Waals surface area contributed by atoms with Gasteiger partial charge in [0.15, 0.2) is 0 Å². The molecule has 0 spiro atoms. The predicted octanol–water partition coefficient (Wildman–Crippen LogP) is 3.03. The van der Waals surface area contributed by atoms with Crippen LogP contribution in [0.5, 0.6) is 0 Å². The Kier molecular flexibility index (Phi) is 3.79. The van der Waals surface area contributed by atoms with Crippen LogP contribution in [0.2, 0.25) is 10.0 Å². The number of nitrogens with one attached hydrogen (secondary N) is 1. The van der Waals surface area contributed by atoms with Gasteiger partial charge in [-0.2, -0.15) is 5.26 Å². The Balaban J connectivity index is 3.04. The number of benzene rings is 1. The highest BCUT2D eigenvalue weighted by Gasteiger charge is 2.23. The summed E-state index contributed by atoms with van der Waals surface area (Å²) in [7, 11) is 0. The molecular formula is C11H10Cl2N2O. The van der Waals surface area contributed by atoms with Crippen LogP contribution >= 0.6 is 23.2 Å². The molecule has 16 heavy (non-hydrogen) atoms. The number of hydrogen-bond acceptors (Lipinski definition) is 2. The molecule has 0 aliphatic rings. The van der Waals surface area contributed by atoms with Crippen molar-refractivity contribution < 1.29 is 4.79 Å². The van der Waals surface area contributed by atoms with Gasteiger partial charge in [0.2, 0.25) is 0 Å². The number of nitriles is 1. The van der Waals surface area contributed by atoms with Gasteiger partial charge in [-0.25, -0.2) is 0 Å². The molecule has 0 bridgehead atoms. The van der Waals surface area contributed by atoms with Gasteiger partial charge < -0.3 is 5.32 Å². The van der Waals surface area contributed by atoms with Crippen LogP contribution in [0.1, 0.15) is 24.2 Å². The standard InChI is InChI=1S/C11H10Cl2N2O/c1-11(2,6-14)15-10(16)9-7(12)4-3-5-8(9)13/h3-5H,1-2H3,(H,15,16). The lowest BCUT2D eigenvalue weighted by atomic mass is 10.1. The van der Waals surface area contributed by atoms with Gasteiger partial charge in [0, 0.05) is 0 Å². The number of rotatable bonds is 2. The summed E-state index contributed by atoms with van der Waals surface area (Å²) in [5, 5.41) is 11.9. The SMILES string of the molecule is CC(C)(C#N)NC(=O)c1c(Cl)cccc1Cl. The van der Waals surface area contributed by atoms with Crippen molar-refractivity contribution >= 4 is 29.1 Å². The number of carbonyl (C=O) groups excluding carboxylic acids is 1. The van der Waals surface area contributed by atoms with Crippen LogP contribution in [-0.4, -0.2) is 11.4 Å². The lowest BCUT2D eigenvalue weighted by molar-refractivity contribution is 0.0929. The Hall–Kier alpha value is -1.24. The largest absolute Gasteiger partial charge is 0.334 e. The molecule has 0 aliphatic carbocycles. The number of hydrogen-bond donors (Lipinski definition) is 1. The highest BCUT2D eigenvalue weighted by Crippen LogP contribution is 2.24. The van der Waals surface area contributed by atoms with E-state index in [1.165, 1.54) is 0 Å². The molecule has 0 unspecified atom stereocenters. The molecule has 0 radical (unpaired) electrons. The molecule has 0 fully saturated rings. The number of halogens is 2. The van der Waals surface area contributed by atoms with Crippen LogP contribution in [-0.2, 0) is 0 Å². The fraction of sp³-hybridized carbons (Fsp3) is 0.273. The molecule has 1 aromatic carbocycles. The smallest absolute Gasteiger partial charge is 0.255 e. The Morgan fingerprint density at radius 2 is 1.88 bits per heavy atom. The van der Waals surface area contributed by atoms with E-state index in [4.69, 9.17) is 28.5 Å². The molecule has 0 saturated carbocycles. The van der Waals surface area contributed by atoms with Crippen LogP contribution in [0.4, 0.5) is 0 Å². The van der Waals surface area contributed by atoms with Crippen LogP contribution in [0, 0.1) is 11.3 Å². The zero-order chi connectivity index (χ0) is 12.3. The van der Waals surface area contributed by atoms with Gasteiger partial charge in [-0.05, 0) is 26.0 Å². The quantitative estimate of drug-likeness (QED) is 0.885. The molecule has 84 valence electrons. The van der Waals surface area contributed by atoms with E-state index >= 15 is 0 Å². The van der Waals surface area contributed by atoms with Crippen molar-refractivity contribution in [1.29, 1.82) is 5.26 Å². The zero-order valence-electron chi connectivity index (χ0n) is 8.84. The molecular weight excluding hydrogens is 247 g/mol. The van der Waals surface area contributed by atoms with Crippen molar-refractivity contribution in [1.82, 2.24) is 5.32 Å². The molecule has 1 aromatic rings. The van der Waals surface area contributed by atoms with E-state index in [1.807, 2.05) is 6.07 Å². The summed E-state index contributed by atoms with van der Waals surface area (Å²) in [4.78, 5) is 11.8. The molecule has 0 aliphatic heterocycles. The third-order valence-corrected chi connectivity index (χ3v) is 2.53. The van der Waals surface area contributed by atoms with Gasteiger partial charge in [0.25, 0.3) is 5.91 Å². The van der Waals surface area contributed by atoms with Crippen molar-refractivity contribution in [3.63, 3.8) is 0 Å². The molecule has 0 heterocycles. The lowest BCUT2D eigenvalue weighted by Crippen LogP contribution is -2.42. The van der Waals surface area contributed by atoms with Crippen LogP contribution in [0.3, 0.4) is 0 Å². The minimum atomic E-state index is -0.959. The van der Waals surface area contributed by atoms with Gasteiger partial charge in [-0.3, -0.25) is 4.79 Å². The molecule has 0 atom stereocenters. The third kappa shape index (κ3) is 2.88. The van der Waals surface area contributed by atoms with E-state index in [2.05, 4.69) is 5.32 Å². The second-order valence-corrected chi connectivity index (χ2v) is 4.60. The van der Waals surface area contributed by atoms with E-state index in [-0.39, 0.29) is 15.6 Å². The van der Waals surface area contributed by atoms with Crippen LogP contribution in [0.25, 0.3) is 0 Å². The molecule has 5 heteroatoms. The first-order chi connectivity index (χ1) is 7.37. The average Bonchev–Trinajstić information content (AvgIpc) is 2.16. The Morgan fingerprint density at radius 1 is 1.38 bits per heavy atom. The topological polar surface area (TPSA) is 52.9 Å². The summed E-state index contributed by atoms with van der Waals surface area (Å²) in [6.45, 7) is 3.19. The van der Waals surface area contributed by atoms with Crippen LogP contribution in [0.15, 0.2) is 18.2 Å². The monoisotopic (exact) mass is 256 g/mol.